The molecule has 1 aliphatic heterocycles. The van der Waals surface area contributed by atoms with E-state index >= 15 is 0 Å². The van der Waals surface area contributed by atoms with Gasteiger partial charge in [-0.1, -0.05) is 18.2 Å². The molecule has 2 aromatic heterocycles. The summed E-state index contributed by atoms with van der Waals surface area (Å²) in [5.74, 6) is 0.155. The van der Waals surface area contributed by atoms with Crippen molar-refractivity contribution in [1.82, 2.24) is 9.97 Å². The first-order valence-electron chi connectivity index (χ1n) is 7.00. The zero-order valence-electron chi connectivity index (χ0n) is 11.9. The van der Waals surface area contributed by atoms with Crippen molar-refractivity contribution in [3.8, 4) is 0 Å². The van der Waals surface area contributed by atoms with Crippen molar-refractivity contribution in [2.24, 2.45) is 0 Å². The maximum absolute atomic E-state index is 12.5. The van der Waals surface area contributed by atoms with Gasteiger partial charge >= 0.3 is 0 Å². The molecule has 0 saturated carbocycles. The minimum atomic E-state index is -1.02. The van der Waals surface area contributed by atoms with Crippen molar-refractivity contribution < 1.29 is 9.90 Å². The molecule has 1 aliphatic rings. The summed E-state index contributed by atoms with van der Waals surface area (Å²) in [7, 11) is 0. The SMILES string of the molecule is Cc1ccc2ccc(N3C(=O)c4ccccc4C3O)nc2n1. The van der Waals surface area contributed by atoms with Crippen LogP contribution in [0, 0.1) is 6.92 Å². The number of aliphatic hydroxyl groups excluding tert-OH is 1. The average molecular weight is 291 g/mol. The van der Waals surface area contributed by atoms with E-state index in [0.29, 0.717) is 22.6 Å². The molecule has 0 saturated heterocycles. The van der Waals surface area contributed by atoms with Gasteiger partial charge in [-0.2, -0.15) is 0 Å². The molecule has 1 aromatic carbocycles. The highest BCUT2D eigenvalue weighted by Gasteiger charge is 2.37. The van der Waals surface area contributed by atoms with Crippen molar-refractivity contribution in [2.45, 2.75) is 13.2 Å². The number of nitrogens with zero attached hydrogens (tertiary/aromatic N) is 3. The van der Waals surface area contributed by atoms with E-state index in [0.717, 1.165) is 11.1 Å². The van der Waals surface area contributed by atoms with E-state index in [-0.39, 0.29) is 5.91 Å². The zero-order valence-corrected chi connectivity index (χ0v) is 11.9. The molecule has 0 spiro atoms. The number of fused-ring (bicyclic) bond motifs is 2. The van der Waals surface area contributed by atoms with Crippen LogP contribution in [0.15, 0.2) is 48.5 Å². The first-order valence-corrected chi connectivity index (χ1v) is 7.00. The van der Waals surface area contributed by atoms with Gasteiger partial charge in [-0.25, -0.2) is 9.97 Å². The van der Waals surface area contributed by atoms with E-state index in [4.69, 9.17) is 0 Å². The predicted molar refractivity (Wildman–Crippen MR) is 82.5 cm³/mol. The number of amides is 1. The Morgan fingerprint density at radius 3 is 2.64 bits per heavy atom. The van der Waals surface area contributed by atoms with Crippen LogP contribution in [0.2, 0.25) is 0 Å². The van der Waals surface area contributed by atoms with Crippen LogP contribution in [-0.4, -0.2) is 21.0 Å². The van der Waals surface area contributed by atoms with Gasteiger partial charge in [0.05, 0.1) is 0 Å². The number of carbonyl (C=O) groups is 1. The zero-order chi connectivity index (χ0) is 15.3. The fourth-order valence-corrected chi connectivity index (χ4v) is 2.74. The number of hydrogen-bond donors (Lipinski definition) is 1. The third-order valence-corrected chi connectivity index (χ3v) is 3.86. The van der Waals surface area contributed by atoms with Gasteiger partial charge in [-0.15, -0.1) is 0 Å². The number of anilines is 1. The lowest BCUT2D eigenvalue weighted by Crippen LogP contribution is -2.28. The van der Waals surface area contributed by atoms with Crippen LogP contribution in [0.4, 0.5) is 5.82 Å². The molecular formula is C17H13N3O2. The predicted octanol–water partition coefficient (Wildman–Crippen LogP) is 2.59. The molecule has 3 heterocycles. The lowest BCUT2D eigenvalue weighted by Gasteiger charge is -2.19. The van der Waals surface area contributed by atoms with Gasteiger partial charge in [0.25, 0.3) is 5.91 Å². The number of carbonyl (C=O) groups excluding carboxylic acids is 1. The van der Waals surface area contributed by atoms with Gasteiger partial charge in [0, 0.05) is 22.2 Å². The quantitative estimate of drug-likeness (QED) is 0.748. The van der Waals surface area contributed by atoms with Crippen LogP contribution >= 0.6 is 0 Å². The largest absolute Gasteiger partial charge is 0.369 e. The second kappa shape index (κ2) is 4.61. The molecular weight excluding hydrogens is 278 g/mol. The van der Waals surface area contributed by atoms with Crippen LogP contribution in [0.25, 0.3) is 11.0 Å². The Morgan fingerprint density at radius 2 is 1.82 bits per heavy atom. The highest BCUT2D eigenvalue weighted by molar-refractivity contribution is 6.10. The molecule has 0 fully saturated rings. The van der Waals surface area contributed by atoms with Crippen LogP contribution in [0.3, 0.4) is 0 Å². The molecule has 4 rings (SSSR count). The molecule has 22 heavy (non-hydrogen) atoms. The molecule has 1 N–H and O–H groups in total. The van der Waals surface area contributed by atoms with E-state index in [1.54, 1.807) is 30.3 Å². The third kappa shape index (κ3) is 1.79. The van der Waals surface area contributed by atoms with Crippen molar-refractivity contribution in [3.05, 3.63) is 65.4 Å². The summed E-state index contributed by atoms with van der Waals surface area (Å²) < 4.78 is 0. The number of hydrogen-bond acceptors (Lipinski definition) is 4. The Bertz CT molecular complexity index is 907. The molecule has 5 nitrogen and oxygen atoms in total. The topological polar surface area (TPSA) is 66.3 Å². The molecule has 5 heteroatoms. The number of aromatic nitrogens is 2. The van der Waals surface area contributed by atoms with Gasteiger partial charge in [-0.05, 0) is 37.3 Å². The summed E-state index contributed by atoms with van der Waals surface area (Å²) >= 11 is 0. The van der Waals surface area contributed by atoms with Crippen molar-refractivity contribution in [2.75, 3.05) is 4.90 Å². The first kappa shape index (κ1) is 12.9. The standard InChI is InChI=1S/C17H13N3O2/c1-10-6-7-11-8-9-14(19-15(11)18-10)20-16(21)12-4-2-3-5-13(12)17(20)22/h2-9,16,21H,1H3. The smallest absolute Gasteiger partial charge is 0.262 e. The Balaban J connectivity index is 1.84. The van der Waals surface area contributed by atoms with Crippen molar-refractivity contribution in [1.29, 1.82) is 0 Å². The summed E-state index contributed by atoms with van der Waals surface area (Å²) in [5.41, 5.74) is 2.53. The Hall–Kier alpha value is -2.79. The molecule has 1 amide bonds. The third-order valence-electron chi connectivity index (χ3n) is 3.86. The van der Waals surface area contributed by atoms with E-state index < -0.39 is 6.23 Å². The summed E-state index contributed by atoms with van der Waals surface area (Å²) in [6.07, 6.45) is -1.02. The normalized spacial score (nSPS) is 17.1. The average Bonchev–Trinajstić information content (AvgIpc) is 2.79. The van der Waals surface area contributed by atoms with Crippen LogP contribution in [0.5, 0.6) is 0 Å². The molecule has 0 aliphatic carbocycles. The van der Waals surface area contributed by atoms with Crippen LogP contribution < -0.4 is 4.90 Å². The summed E-state index contributed by atoms with van der Waals surface area (Å²) in [5, 5.41) is 11.3. The molecule has 3 aromatic rings. The Morgan fingerprint density at radius 1 is 1.05 bits per heavy atom. The summed E-state index contributed by atoms with van der Waals surface area (Å²) in [4.78, 5) is 22.6. The minimum Gasteiger partial charge on any atom is -0.369 e. The van der Waals surface area contributed by atoms with Gasteiger partial charge in [-0.3, -0.25) is 9.69 Å². The number of aliphatic hydroxyl groups is 1. The van der Waals surface area contributed by atoms with Gasteiger partial charge in [0.15, 0.2) is 11.9 Å². The number of rotatable bonds is 1. The number of pyridine rings is 2. The van der Waals surface area contributed by atoms with Crippen LogP contribution in [-0.2, 0) is 0 Å². The van der Waals surface area contributed by atoms with E-state index in [1.807, 2.05) is 25.1 Å². The summed E-state index contributed by atoms with van der Waals surface area (Å²) in [6, 6.07) is 14.5. The maximum atomic E-state index is 12.5. The second-order valence-electron chi connectivity index (χ2n) is 5.30. The van der Waals surface area contributed by atoms with Crippen LogP contribution in [0.1, 0.15) is 27.8 Å². The highest BCUT2D eigenvalue weighted by Crippen LogP contribution is 2.35. The Labute approximate surface area is 126 Å². The molecule has 1 unspecified atom stereocenters. The summed E-state index contributed by atoms with van der Waals surface area (Å²) in [6.45, 7) is 1.89. The van der Waals surface area contributed by atoms with Gasteiger partial charge in [0.2, 0.25) is 0 Å². The lowest BCUT2D eigenvalue weighted by molar-refractivity contribution is 0.0933. The van der Waals surface area contributed by atoms with E-state index in [2.05, 4.69) is 9.97 Å². The Kier molecular flexibility index (Phi) is 2.71. The van der Waals surface area contributed by atoms with Gasteiger partial charge < -0.3 is 5.11 Å². The molecule has 108 valence electrons. The molecule has 0 bridgehead atoms. The van der Waals surface area contributed by atoms with Gasteiger partial charge in [0.1, 0.15) is 5.82 Å². The van der Waals surface area contributed by atoms with Crippen molar-refractivity contribution in [3.63, 3.8) is 0 Å². The van der Waals surface area contributed by atoms with E-state index in [1.165, 1.54) is 4.90 Å². The number of aryl methyl sites for hydroxylation is 1. The maximum Gasteiger partial charge on any atom is 0.262 e. The second-order valence-corrected chi connectivity index (χ2v) is 5.30. The molecule has 1 atom stereocenters. The lowest BCUT2D eigenvalue weighted by atomic mass is 10.1. The molecule has 0 radical (unpaired) electrons. The first-order chi connectivity index (χ1) is 10.6. The fraction of sp³-hybridized carbons (Fsp3) is 0.118. The highest BCUT2D eigenvalue weighted by atomic mass is 16.3. The minimum absolute atomic E-state index is 0.248. The van der Waals surface area contributed by atoms with E-state index in [9.17, 15) is 9.90 Å². The number of benzene rings is 1. The monoisotopic (exact) mass is 291 g/mol. The fourth-order valence-electron chi connectivity index (χ4n) is 2.74. The van der Waals surface area contributed by atoms with Crippen molar-refractivity contribution >= 4 is 22.8 Å².